The Morgan fingerprint density at radius 2 is 2.14 bits per heavy atom. The summed E-state index contributed by atoms with van der Waals surface area (Å²) in [6, 6.07) is 7.50. The van der Waals surface area contributed by atoms with Crippen molar-refractivity contribution in [3.63, 3.8) is 0 Å². The van der Waals surface area contributed by atoms with Gasteiger partial charge in [0.05, 0.1) is 10.9 Å². The normalized spacial score (nSPS) is 10.4. The molecule has 0 saturated heterocycles. The molecule has 0 spiro atoms. The quantitative estimate of drug-likeness (QED) is 0.658. The third-order valence-corrected chi connectivity index (χ3v) is 2.23. The largest absolute Gasteiger partial charge is 0.366 e. The van der Waals surface area contributed by atoms with Crippen molar-refractivity contribution in [1.82, 2.24) is 0 Å². The van der Waals surface area contributed by atoms with E-state index in [1.54, 1.807) is 6.07 Å². The lowest BCUT2D eigenvalue weighted by Gasteiger charge is -2.00. The van der Waals surface area contributed by atoms with Crippen LogP contribution in [0, 0.1) is 0 Å². The molecule has 1 heterocycles. The second kappa shape index (κ2) is 3.10. The lowest BCUT2D eigenvalue weighted by atomic mass is 10.1. The van der Waals surface area contributed by atoms with Crippen molar-refractivity contribution >= 4 is 16.7 Å². The van der Waals surface area contributed by atoms with Crippen molar-refractivity contribution in [3.05, 3.63) is 42.2 Å². The van der Waals surface area contributed by atoms with E-state index in [0.717, 1.165) is 10.8 Å². The number of primary amides is 1. The van der Waals surface area contributed by atoms with Crippen LogP contribution >= 0.6 is 0 Å². The molecular formula is C11H11N2O+. The van der Waals surface area contributed by atoms with Crippen molar-refractivity contribution in [2.75, 3.05) is 0 Å². The maximum atomic E-state index is 11.1. The zero-order chi connectivity index (χ0) is 10.1. The average Bonchev–Trinajstić information content (AvgIpc) is 2.16. The number of fused-ring (bicyclic) bond motifs is 1. The van der Waals surface area contributed by atoms with E-state index >= 15 is 0 Å². The number of carbonyl (C=O) groups excluding carboxylic acids is 1. The van der Waals surface area contributed by atoms with E-state index in [9.17, 15) is 4.79 Å². The van der Waals surface area contributed by atoms with Gasteiger partial charge in [-0.3, -0.25) is 4.79 Å². The van der Waals surface area contributed by atoms with Crippen LogP contribution in [0.5, 0.6) is 0 Å². The van der Waals surface area contributed by atoms with Gasteiger partial charge in [-0.15, -0.1) is 0 Å². The molecule has 0 fully saturated rings. The molecule has 2 rings (SSSR count). The van der Waals surface area contributed by atoms with E-state index in [-0.39, 0.29) is 5.91 Å². The van der Waals surface area contributed by atoms with Gasteiger partial charge in [-0.05, 0) is 11.5 Å². The predicted molar refractivity (Wildman–Crippen MR) is 53.6 cm³/mol. The first-order chi connectivity index (χ1) is 6.68. The molecule has 0 atom stereocenters. The average molecular weight is 187 g/mol. The van der Waals surface area contributed by atoms with Gasteiger partial charge in [-0.2, -0.15) is 0 Å². The number of hydrogen-bond acceptors (Lipinski definition) is 1. The van der Waals surface area contributed by atoms with Crippen LogP contribution in [0.4, 0.5) is 0 Å². The number of nitrogens with two attached hydrogens (primary N) is 1. The Labute approximate surface area is 81.8 Å². The van der Waals surface area contributed by atoms with E-state index in [2.05, 4.69) is 0 Å². The van der Waals surface area contributed by atoms with Gasteiger partial charge >= 0.3 is 0 Å². The summed E-state index contributed by atoms with van der Waals surface area (Å²) < 4.78 is 1.90. The van der Waals surface area contributed by atoms with Gasteiger partial charge in [-0.1, -0.05) is 12.1 Å². The highest BCUT2D eigenvalue weighted by Gasteiger charge is 2.08. The van der Waals surface area contributed by atoms with Crippen LogP contribution in [-0.2, 0) is 7.05 Å². The van der Waals surface area contributed by atoms with Gasteiger partial charge in [0.2, 0.25) is 5.91 Å². The Bertz CT molecular complexity index is 506. The van der Waals surface area contributed by atoms with Crippen molar-refractivity contribution in [2.45, 2.75) is 0 Å². The minimum atomic E-state index is -0.387. The van der Waals surface area contributed by atoms with Gasteiger partial charge in [0, 0.05) is 6.07 Å². The fraction of sp³-hybridized carbons (Fsp3) is 0.0909. The molecule has 0 unspecified atom stereocenters. The number of rotatable bonds is 1. The van der Waals surface area contributed by atoms with Gasteiger partial charge < -0.3 is 5.73 Å². The first-order valence-electron chi connectivity index (χ1n) is 4.36. The van der Waals surface area contributed by atoms with Crippen LogP contribution < -0.4 is 10.3 Å². The Hall–Kier alpha value is -1.90. The Kier molecular flexibility index (Phi) is 1.93. The van der Waals surface area contributed by atoms with Crippen molar-refractivity contribution in [3.8, 4) is 0 Å². The van der Waals surface area contributed by atoms with Gasteiger partial charge in [-0.25, -0.2) is 4.57 Å². The highest BCUT2D eigenvalue weighted by molar-refractivity contribution is 6.05. The SMILES string of the molecule is C[n+]1ccc2cccc(C(N)=O)c2c1. The molecule has 0 aliphatic rings. The minimum absolute atomic E-state index is 0.387. The van der Waals surface area contributed by atoms with Crippen LogP contribution in [-0.4, -0.2) is 5.91 Å². The monoisotopic (exact) mass is 187 g/mol. The lowest BCUT2D eigenvalue weighted by Crippen LogP contribution is -2.26. The van der Waals surface area contributed by atoms with Crippen molar-refractivity contribution < 1.29 is 9.36 Å². The Morgan fingerprint density at radius 1 is 1.36 bits per heavy atom. The summed E-state index contributed by atoms with van der Waals surface area (Å²) >= 11 is 0. The molecular weight excluding hydrogens is 176 g/mol. The molecule has 3 heteroatoms. The number of pyridine rings is 1. The Morgan fingerprint density at radius 3 is 2.86 bits per heavy atom. The standard InChI is InChI=1S/C11H10N2O/c1-13-6-5-8-3-2-4-9(11(12)14)10(8)7-13/h2-7H,1H3,(H-,12,14)/p+1. The summed E-state index contributed by atoms with van der Waals surface area (Å²) in [5.74, 6) is -0.387. The molecule has 0 aliphatic heterocycles. The third kappa shape index (κ3) is 1.33. The second-order valence-electron chi connectivity index (χ2n) is 3.28. The van der Waals surface area contributed by atoms with Gasteiger partial charge in [0.1, 0.15) is 7.05 Å². The van der Waals surface area contributed by atoms with Gasteiger partial charge in [0.15, 0.2) is 12.4 Å². The summed E-state index contributed by atoms with van der Waals surface area (Å²) in [6.45, 7) is 0. The van der Waals surface area contributed by atoms with Crippen LogP contribution in [0.15, 0.2) is 36.7 Å². The highest BCUT2D eigenvalue weighted by atomic mass is 16.1. The second-order valence-corrected chi connectivity index (χ2v) is 3.28. The van der Waals surface area contributed by atoms with Gasteiger partial charge in [0.25, 0.3) is 0 Å². The maximum absolute atomic E-state index is 11.1. The molecule has 3 nitrogen and oxygen atoms in total. The lowest BCUT2D eigenvalue weighted by molar-refractivity contribution is -0.670. The number of carbonyl (C=O) groups is 1. The summed E-state index contributed by atoms with van der Waals surface area (Å²) in [6.07, 6.45) is 3.84. The maximum Gasteiger partial charge on any atom is 0.249 e. The number of benzene rings is 1. The fourth-order valence-corrected chi connectivity index (χ4v) is 1.53. The molecule has 0 radical (unpaired) electrons. The van der Waals surface area contributed by atoms with Crippen LogP contribution in [0.3, 0.4) is 0 Å². The smallest absolute Gasteiger partial charge is 0.249 e. The highest BCUT2D eigenvalue weighted by Crippen LogP contribution is 2.15. The van der Waals surface area contributed by atoms with E-state index in [0.29, 0.717) is 5.56 Å². The number of aromatic nitrogens is 1. The molecule has 0 aliphatic carbocycles. The molecule has 1 amide bonds. The Balaban J connectivity index is 2.84. The molecule has 70 valence electrons. The van der Waals surface area contributed by atoms with E-state index in [1.807, 2.05) is 42.2 Å². The van der Waals surface area contributed by atoms with Crippen LogP contribution in [0.2, 0.25) is 0 Å². The van der Waals surface area contributed by atoms with E-state index < -0.39 is 0 Å². The van der Waals surface area contributed by atoms with Crippen molar-refractivity contribution in [1.29, 1.82) is 0 Å². The molecule has 14 heavy (non-hydrogen) atoms. The predicted octanol–water partition coefficient (Wildman–Crippen LogP) is 0.763. The van der Waals surface area contributed by atoms with E-state index in [1.165, 1.54) is 0 Å². The fourth-order valence-electron chi connectivity index (χ4n) is 1.53. The molecule has 1 aromatic carbocycles. The molecule has 1 aromatic heterocycles. The molecule has 0 saturated carbocycles. The first-order valence-corrected chi connectivity index (χ1v) is 4.36. The number of amides is 1. The molecule has 2 N–H and O–H groups in total. The minimum Gasteiger partial charge on any atom is -0.366 e. The van der Waals surface area contributed by atoms with E-state index in [4.69, 9.17) is 5.73 Å². The first kappa shape index (κ1) is 8.69. The zero-order valence-electron chi connectivity index (χ0n) is 7.90. The molecule has 0 bridgehead atoms. The zero-order valence-corrected chi connectivity index (χ0v) is 7.90. The summed E-state index contributed by atoms with van der Waals surface area (Å²) in [5.41, 5.74) is 5.85. The number of aryl methyl sites for hydroxylation is 1. The topological polar surface area (TPSA) is 47.0 Å². The third-order valence-electron chi connectivity index (χ3n) is 2.23. The number of nitrogens with zero attached hydrogens (tertiary/aromatic N) is 1. The summed E-state index contributed by atoms with van der Waals surface area (Å²) in [4.78, 5) is 11.1. The molecule has 2 aromatic rings. The summed E-state index contributed by atoms with van der Waals surface area (Å²) in [7, 11) is 1.91. The summed E-state index contributed by atoms with van der Waals surface area (Å²) in [5, 5.41) is 1.92. The number of hydrogen-bond donors (Lipinski definition) is 1. The van der Waals surface area contributed by atoms with Crippen LogP contribution in [0.25, 0.3) is 10.8 Å². The van der Waals surface area contributed by atoms with Crippen molar-refractivity contribution in [2.24, 2.45) is 12.8 Å². The van der Waals surface area contributed by atoms with Crippen LogP contribution in [0.1, 0.15) is 10.4 Å².